The number of piperazine rings is 1. The molecule has 1 aromatic carbocycles. The van der Waals surface area contributed by atoms with E-state index in [2.05, 4.69) is 67.9 Å². The Bertz CT molecular complexity index is 845. The third-order valence-corrected chi connectivity index (χ3v) is 8.11. The van der Waals surface area contributed by atoms with Gasteiger partial charge in [0.05, 0.1) is 13.2 Å². The van der Waals surface area contributed by atoms with E-state index in [1.54, 1.807) is 0 Å². The number of rotatable bonds is 6. The van der Waals surface area contributed by atoms with Gasteiger partial charge in [0.15, 0.2) is 0 Å². The molecule has 2 aliphatic heterocycles. The Hall–Kier alpha value is -1.50. The Labute approximate surface area is 225 Å². The molecule has 2 amide bonds. The first-order valence-corrected chi connectivity index (χ1v) is 13.9. The Morgan fingerprint density at radius 1 is 1.00 bits per heavy atom. The second kappa shape index (κ2) is 12.4. The van der Waals surface area contributed by atoms with Crippen molar-refractivity contribution in [2.75, 3.05) is 69.2 Å². The van der Waals surface area contributed by atoms with Crippen LogP contribution in [-0.2, 0) is 4.74 Å². The maximum atomic E-state index is 12.9. The third kappa shape index (κ3) is 7.52. The maximum Gasteiger partial charge on any atom is 0.321 e. The Kier molecular flexibility index (Phi) is 9.98. The van der Waals surface area contributed by atoms with E-state index in [1.165, 1.54) is 49.9 Å². The molecule has 3 fully saturated rings. The van der Waals surface area contributed by atoms with Gasteiger partial charge in [-0.25, -0.2) is 4.79 Å². The zero-order chi connectivity index (χ0) is 25.1. The molecule has 1 aliphatic carbocycles. The zero-order valence-electron chi connectivity index (χ0n) is 23.3. The molecule has 0 unspecified atom stereocenters. The molecule has 2 heterocycles. The van der Waals surface area contributed by atoms with E-state index in [0.717, 1.165) is 31.9 Å². The second-order valence-electron chi connectivity index (χ2n) is 12.6. The molecule has 0 radical (unpaired) electrons. The van der Waals surface area contributed by atoms with Crippen LogP contribution in [0.4, 0.5) is 16.2 Å². The van der Waals surface area contributed by atoms with Crippen molar-refractivity contribution in [3.8, 4) is 0 Å². The fraction of sp³-hybridized carbons (Fsp3) is 0.759. The highest BCUT2D eigenvalue weighted by molar-refractivity contribution is 5.90. The van der Waals surface area contributed by atoms with Gasteiger partial charge in [0.25, 0.3) is 0 Å². The van der Waals surface area contributed by atoms with Crippen molar-refractivity contribution in [3.05, 3.63) is 23.8 Å². The highest BCUT2D eigenvalue weighted by Gasteiger charge is 2.40. The number of hydrogen-bond acceptors (Lipinski definition) is 4. The van der Waals surface area contributed by atoms with Crippen molar-refractivity contribution in [1.29, 1.82) is 0 Å². The van der Waals surface area contributed by atoms with Crippen LogP contribution in [0.5, 0.6) is 0 Å². The molecular weight excluding hydrogens is 472 g/mol. The number of halogens is 1. The Balaban J connectivity index is 0.00000361. The van der Waals surface area contributed by atoms with Crippen LogP contribution in [0.2, 0.25) is 0 Å². The smallest absolute Gasteiger partial charge is 0.321 e. The summed E-state index contributed by atoms with van der Waals surface area (Å²) in [4.78, 5) is 20.0. The summed E-state index contributed by atoms with van der Waals surface area (Å²) in [6.45, 7) is 20.2. The molecule has 1 saturated carbocycles. The first-order chi connectivity index (χ1) is 16.7. The molecule has 0 spiro atoms. The van der Waals surface area contributed by atoms with Gasteiger partial charge >= 0.3 is 6.03 Å². The van der Waals surface area contributed by atoms with Gasteiger partial charge in [0.2, 0.25) is 0 Å². The molecular formula is C29H49ClN4O2. The summed E-state index contributed by atoms with van der Waals surface area (Å²) in [5, 5.41) is 3.20. The molecule has 2 saturated heterocycles. The fourth-order valence-electron chi connectivity index (χ4n) is 6.88. The van der Waals surface area contributed by atoms with E-state index >= 15 is 0 Å². The number of amides is 2. The topological polar surface area (TPSA) is 48.0 Å². The Morgan fingerprint density at radius 3 is 2.25 bits per heavy atom. The number of nitrogens with zero attached hydrogens (tertiary/aromatic N) is 3. The average molecular weight is 521 g/mol. The number of unbranched alkanes of at least 4 members (excludes halogenated alkanes) is 1. The van der Waals surface area contributed by atoms with Gasteiger partial charge in [-0.3, -0.25) is 4.90 Å². The van der Waals surface area contributed by atoms with Gasteiger partial charge in [-0.1, -0.05) is 41.0 Å². The first kappa shape index (κ1) is 29.1. The number of carbonyl (C=O) groups excluding carboxylic acids is 1. The van der Waals surface area contributed by atoms with E-state index in [9.17, 15) is 4.79 Å². The SMILES string of the molecule is CCCCN1CCN(c2ccc(NC(=O)N3CCOCC3)cc2C2CC(C)(C)CC(C)(C)C2)CC1.Cl. The van der Waals surface area contributed by atoms with E-state index in [1.807, 2.05) is 4.90 Å². The fourth-order valence-corrected chi connectivity index (χ4v) is 6.88. The van der Waals surface area contributed by atoms with Gasteiger partial charge in [-0.05, 0) is 72.7 Å². The van der Waals surface area contributed by atoms with Crippen LogP contribution in [0.3, 0.4) is 0 Å². The summed E-state index contributed by atoms with van der Waals surface area (Å²) >= 11 is 0. The van der Waals surface area contributed by atoms with E-state index < -0.39 is 0 Å². The van der Waals surface area contributed by atoms with Crippen molar-refractivity contribution in [2.24, 2.45) is 10.8 Å². The quantitative estimate of drug-likeness (QED) is 0.484. The highest BCUT2D eigenvalue weighted by atomic mass is 35.5. The predicted octanol–water partition coefficient (Wildman–Crippen LogP) is 6.21. The normalized spacial score (nSPS) is 22.7. The molecule has 3 aliphatic rings. The zero-order valence-corrected chi connectivity index (χ0v) is 24.1. The number of benzene rings is 1. The van der Waals surface area contributed by atoms with Crippen LogP contribution >= 0.6 is 12.4 Å². The second-order valence-corrected chi connectivity index (χ2v) is 12.6. The largest absolute Gasteiger partial charge is 0.378 e. The lowest BCUT2D eigenvalue weighted by atomic mass is 9.60. The number of nitrogens with one attached hydrogen (secondary N) is 1. The van der Waals surface area contributed by atoms with Crippen LogP contribution in [0.1, 0.15) is 78.2 Å². The van der Waals surface area contributed by atoms with Gasteiger partial charge in [-0.15, -0.1) is 12.4 Å². The van der Waals surface area contributed by atoms with E-state index in [-0.39, 0.29) is 18.4 Å². The molecule has 0 bridgehead atoms. The summed E-state index contributed by atoms with van der Waals surface area (Å²) < 4.78 is 5.42. The van der Waals surface area contributed by atoms with E-state index in [0.29, 0.717) is 43.1 Å². The summed E-state index contributed by atoms with van der Waals surface area (Å²) in [7, 11) is 0. The van der Waals surface area contributed by atoms with Crippen LogP contribution in [0.25, 0.3) is 0 Å². The van der Waals surface area contributed by atoms with Gasteiger partial charge in [0, 0.05) is 50.6 Å². The lowest BCUT2D eigenvalue weighted by Crippen LogP contribution is -2.47. The standard InChI is InChI=1S/C29H48N4O2.ClH/c1-6-7-10-31-11-13-32(14-12-31)26-9-8-24(30-27(34)33-15-17-35-18-16-33)19-25(26)23-20-28(2,3)22-29(4,5)21-23;/h8-9,19,23H,6-7,10-18,20-22H2,1-5H3,(H,30,34);1H. The number of ether oxygens (including phenoxy) is 1. The molecule has 36 heavy (non-hydrogen) atoms. The molecule has 6 nitrogen and oxygen atoms in total. The van der Waals surface area contributed by atoms with Gasteiger partial charge < -0.3 is 19.9 Å². The number of hydrogen-bond donors (Lipinski definition) is 1. The van der Waals surface area contributed by atoms with Crippen molar-refractivity contribution < 1.29 is 9.53 Å². The minimum Gasteiger partial charge on any atom is -0.378 e. The highest BCUT2D eigenvalue weighted by Crippen LogP contribution is 2.53. The average Bonchev–Trinajstić information content (AvgIpc) is 2.82. The van der Waals surface area contributed by atoms with Crippen LogP contribution in [-0.4, -0.2) is 74.9 Å². The minimum atomic E-state index is -0.0131. The molecule has 4 rings (SSSR count). The van der Waals surface area contributed by atoms with Crippen molar-refractivity contribution >= 4 is 29.8 Å². The monoisotopic (exact) mass is 520 g/mol. The molecule has 7 heteroatoms. The number of anilines is 2. The molecule has 1 N–H and O–H groups in total. The lowest BCUT2D eigenvalue weighted by molar-refractivity contribution is 0.0564. The molecule has 1 aromatic rings. The summed E-state index contributed by atoms with van der Waals surface area (Å²) in [6, 6.07) is 6.67. The maximum absolute atomic E-state index is 12.9. The number of urea groups is 1. The number of morpholine rings is 1. The predicted molar refractivity (Wildman–Crippen MR) is 153 cm³/mol. The summed E-state index contributed by atoms with van der Waals surface area (Å²) in [5.74, 6) is 0.502. The van der Waals surface area contributed by atoms with Crippen molar-refractivity contribution in [3.63, 3.8) is 0 Å². The van der Waals surface area contributed by atoms with Gasteiger partial charge in [0.1, 0.15) is 0 Å². The van der Waals surface area contributed by atoms with Crippen LogP contribution < -0.4 is 10.2 Å². The van der Waals surface area contributed by atoms with Crippen LogP contribution in [0.15, 0.2) is 18.2 Å². The van der Waals surface area contributed by atoms with Crippen LogP contribution in [0, 0.1) is 10.8 Å². The molecule has 0 aromatic heterocycles. The first-order valence-electron chi connectivity index (χ1n) is 13.9. The summed E-state index contributed by atoms with van der Waals surface area (Å²) in [5.41, 5.74) is 4.35. The lowest BCUT2D eigenvalue weighted by Gasteiger charge is -2.46. The van der Waals surface area contributed by atoms with Crippen molar-refractivity contribution in [1.82, 2.24) is 9.80 Å². The Morgan fingerprint density at radius 2 is 1.64 bits per heavy atom. The number of carbonyl (C=O) groups is 1. The van der Waals surface area contributed by atoms with Crippen molar-refractivity contribution in [2.45, 2.75) is 72.6 Å². The third-order valence-electron chi connectivity index (χ3n) is 8.11. The minimum absolute atomic E-state index is 0. The van der Waals surface area contributed by atoms with Gasteiger partial charge in [-0.2, -0.15) is 0 Å². The van der Waals surface area contributed by atoms with E-state index in [4.69, 9.17) is 4.74 Å². The summed E-state index contributed by atoms with van der Waals surface area (Å²) in [6.07, 6.45) is 6.20. The molecule has 0 atom stereocenters. The molecule has 204 valence electrons.